The summed E-state index contributed by atoms with van der Waals surface area (Å²) in [5.74, 6) is 0.773. The van der Waals surface area contributed by atoms with Gasteiger partial charge in [0.25, 0.3) is 11.6 Å². The third kappa shape index (κ3) is 4.33. The Bertz CT molecular complexity index is 895. The zero-order chi connectivity index (χ0) is 20.3. The number of nitrogens with one attached hydrogen (secondary N) is 2. The Morgan fingerprint density at radius 3 is 2.46 bits per heavy atom. The number of methoxy groups -OCH3 is 2. The molecule has 8 nitrogen and oxygen atoms in total. The smallest absolute Gasteiger partial charge is 0.293 e. The number of nitro groups is 1. The molecule has 28 heavy (non-hydrogen) atoms. The lowest BCUT2D eigenvalue weighted by atomic mass is 10.1. The molecule has 0 spiro atoms. The highest BCUT2D eigenvalue weighted by Gasteiger charge is 2.26. The first-order chi connectivity index (χ1) is 13.4. The molecule has 1 amide bonds. The first-order valence-electron chi connectivity index (χ1n) is 9.00. The molecule has 2 aromatic rings. The van der Waals surface area contributed by atoms with Crippen LogP contribution < -0.4 is 20.1 Å². The van der Waals surface area contributed by atoms with Crippen LogP contribution in [0.15, 0.2) is 36.4 Å². The molecule has 1 aliphatic rings. The van der Waals surface area contributed by atoms with Gasteiger partial charge in [-0.15, -0.1) is 0 Å². The fourth-order valence-corrected chi connectivity index (χ4v) is 2.88. The number of carbonyl (C=O) groups is 1. The molecule has 1 aliphatic carbocycles. The second-order valence-electron chi connectivity index (χ2n) is 6.72. The molecule has 3 rings (SSSR count). The molecular formula is C20H23N3O5. The van der Waals surface area contributed by atoms with Crippen LogP contribution in [-0.2, 0) is 0 Å². The van der Waals surface area contributed by atoms with Gasteiger partial charge in [-0.25, -0.2) is 0 Å². The van der Waals surface area contributed by atoms with Crippen molar-refractivity contribution in [2.24, 2.45) is 0 Å². The van der Waals surface area contributed by atoms with E-state index in [1.165, 1.54) is 6.07 Å². The Labute approximate surface area is 163 Å². The Kier molecular flexibility index (Phi) is 5.67. The Balaban J connectivity index is 1.76. The van der Waals surface area contributed by atoms with Crippen molar-refractivity contribution in [2.75, 3.05) is 19.5 Å². The second kappa shape index (κ2) is 8.16. The summed E-state index contributed by atoms with van der Waals surface area (Å²) in [6.45, 7) is 1.83. The van der Waals surface area contributed by atoms with Crippen LogP contribution in [0.3, 0.4) is 0 Å². The van der Waals surface area contributed by atoms with Crippen LogP contribution in [0.4, 0.5) is 11.4 Å². The highest BCUT2D eigenvalue weighted by Crippen LogP contribution is 2.32. The number of anilines is 1. The lowest BCUT2D eigenvalue weighted by molar-refractivity contribution is -0.384. The maximum absolute atomic E-state index is 12.6. The molecule has 0 heterocycles. The maximum atomic E-state index is 12.6. The summed E-state index contributed by atoms with van der Waals surface area (Å²) in [5, 5.41) is 17.4. The number of carbonyl (C=O) groups excluding carboxylic acids is 1. The van der Waals surface area contributed by atoms with E-state index in [2.05, 4.69) is 10.6 Å². The van der Waals surface area contributed by atoms with Crippen LogP contribution >= 0.6 is 0 Å². The van der Waals surface area contributed by atoms with Gasteiger partial charge in [0.2, 0.25) is 0 Å². The van der Waals surface area contributed by atoms with Crippen molar-refractivity contribution < 1.29 is 19.2 Å². The molecule has 0 saturated heterocycles. The zero-order valence-corrected chi connectivity index (χ0v) is 16.0. The molecule has 0 bridgehead atoms. The van der Waals surface area contributed by atoms with E-state index in [0.717, 1.165) is 18.4 Å². The van der Waals surface area contributed by atoms with Gasteiger partial charge in [0, 0.05) is 17.7 Å². The zero-order valence-electron chi connectivity index (χ0n) is 16.0. The van der Waals surface area contributed by atoms with E-state index in [1.807, 2.05) is 13.0 Å². The van der Waals surface area contributed by atoms with Crippen molar-refractivity contribution >= 4 is 17.3 Å². The summed E-state index contributed by atoms with van der Waals surface area (Å²) in [6, 6.07) is 9.83. The minimum atomic E-state index is -0.473. The van der Waals surface area contributed by atoms with Gasteiger partial charge in [0.15, 0.2) is 11.5 Å². The summed E-state index contributed by atoms with van der Waals surface area (Å²) < 4.78 is 10.5. The van der Waals surface area contributed by atoms with Gasteiger partial charge in [-0.2, -0.15) is 0 Å². The standard InChI is InChI=1S/C20H23N3O5/c1-12(13-5-9-18(27-2)19(11-13)28-3)21-20(24)14-4-8-16(22-15-6-7-15)17(10-14)23(25)26/h4-5,8-12,15,22H,6-7H2,1-3H3,(H,21,24). The molecular weight excluding hydrogens is 362 g/mol. The quantitative estimate of drug-likeness (QED) is 0.531. The minimum Gasteiger partial charge on any atom is -0.493 e. The van der Waals surface area contributed by atoms with Gasteiger partial charge in [0.05, 0.1) is 25.2 Å². The molecule has 0 radical (unpaired) electrons. The predicted octanol–water partition coefficient (Wildman–Crippen LogP) is 3.68. The van der Waals surface area contributed by atoms with Crippen LogP contribution in [0.1, 0.15) is 41.7 Å². The average molecular weight is 385 g/mol. The normalized spacial score (nSPS) is 14.1. The van der Waals surface area contributed by atoms with E-state index in [9.17, 15) is 14.9 Å². The number of nitro benzene ring substituents is 1. The van der Waals surface area contributed by atoms with Gasteiger partial charge >= 0.3 is 0 Å². The monoisotopic (exact) mass is 385 g/mol. The van der Waals surface area contributed by atoms with Crippen LogP contribution in [0.25, 0.3) is 0 Å². The summed E-state index contributed by atoms with van der Waals surface area (Å²) in [6.07, 6.45) is 2.00. The summed E-state index contributed by atoms with van der Waals surface area (Å²) >= 11 is 0. The molecule has 1 atom stereocenters. The number of nitrogens with zero attached hydrogens (tertiary/aromatic N) is 1. The molecule has 2 aromatic carbocycles. The number of amides is 1. The third-order valence-electron chi connectivity index (χ3n) is 4.65. The number of hydrogen-bond acceptors (Lipinski definition) is 6. The van der Waals surface area contributed by atoms with Crippen LogP contribution in [-0.4, -0.2) is 31.1 Å². The third-order valence-corrected chi connectivity index (χ3v) is 4.65. The van der Waals surface area contributed by atoms with Crippen LogP contribution in [0.2, 0.25) is 0 Å². The topological polar surface area (TPSA) is 103 Å². The van der Waals surface area contributed by atoms with E-state index in [4.69, 9.17) is 9.47 Å². The number of rotatable bonds is 8. The summed E-state index contributed by atoms with van der Waals surface area (Å²) in [7, 11) is 3.10. The lowest BCUT2D eigenvalue weighted by Crippen LogP contribution is -2.26. The largest absolute Gasteiger partial charge is 0.493 e. The maximum Gasteiger partial charge on any atom is 0.293 e. The van der Waals surface area contributed by atoms with Gasteiger partial charge in [-0.1, -0.05) is 6.07 Å². The first-order valence-corrected chi connectivity index (χ1v) is 9.00. The first kappa shape index (κ1) is 19.5. The van der Waals surface area contributed by atoms with Gasteiger partial charge in [-0.3, -0.25) is 14.9 Å². The van der Waals surface area contributed by atoms with E-state index >= 15 is 0 Å². The second-order valence-corrected chi connectivity index (χ2v) is 6.72. The number of ether oxygens (including phenoxy) is 2. The SMILES string of the molecule is COc1ccc(C(C)NC(=O)c2ccc(NC3CC3)c([N+](=O)[O-])c2)cc1OC. The fraction of sp³-hybridized carbons (Fsp3) is 0.350. The van der Waals surface area contributed by atoms with Gasteiger partial charge < -0.3 is 20.1 Å². The van der Waals surface area contributed by atoms with E-state index in [1.54, 1.807) is 38.5 Å². The molecule has 0 aliphatic heterocycles. The Morgan fingerprint density at radius 2 is 1.86 bits per heavy atom. The van der Waals surface area contributed by atoms with Crippen LogP contribution in [0.5, 0.6) is 11.5 Å². The lowest BCUT2D eigenvalue weighted by Gasteiger charge is -2.17. The highest BCUT2D eigenvalue weighted by atomic mass is 16.6. The van der Waals surface area contributed by atoms with Crippen molar-refractivity contribution in [3.05, 3.63) is 57.6 Å². The van der Waals surface area contributed by atoms with Crippen molar-refractivity contribution in [3.63, 3.8) is 0 Å². The molecule has 0 aromatic heterocycles. The number of benzene rings is 2. The molecule has 148 valence electrons. The van der Waals surface area contributed by atoms with Crippen molar-refractivity contribution in [3.8, 4) is 11.5 Å². The van der Waals surface area contributed by atoms with Crippen molar-refractivity contribution in [1.82, 2.24) is 5.32 Å². The summed E-state index contributed by atoms with van der Waals surface area (Å²) in [4.78, 5) is 23.5. The minimum absolute atomic E-state index is 0.0988. The van der Waals surface area contributed by atoms with E-state index in [-0.39, 0.29) is 29.2 Å². The Morgan fingerprint density at radius 1 is 1.14 bits per heavy atom. The average Bonchev–Trinajstić information content (AvgIpc) is 3.51. The van der Waals surface area contributed by atoms with Crippen LogP contribution in [0, 0.1) is 10.1 Å². The predicted molar refractivity (Wildman–Crippen MR) is 105 cm³/mol. The highest BCUT2D eigenvalue weighted by molar-refractivity contribution is 5.96. The van der Waals surface area contributed by atoms with Crippen molar-refractivity contribution in [2.45, 2.75) is 31.8 Å². The number of hydrogen-bond donors (Lipinski definition) is 2. The van der Waals surface area contributed by atoms with Crippen molar-refractivity contribution in [1.29, 1.82) is 0 Å². The molecule has 1 unspecified atom stereocenters. The van der Waals surface area contributed by atoms with E-state index < -0.39 is 4.92 Å². The fourth-order valence-electron chi connectivity index (χ4n) is 2.88. The van der Waals surface area contributed by atoms with Gasteiger partial charge in [-0.05, 0) is 49.6 Å². The molecule has 1 saturated carbocycles. The molecule has 2 N–H and O–H groups in total. The van der Waals surface area contributed by atoms with Gasteiger partial charge in [0.1, 0.15) is 5.69 Å². The molecule has 1 fully saturated rings. The molecule has 8 heteroatoms. The van der Waals surface area contributed by atoms with E-state index in [0.29, 0.717) is 17.2 Å². The summed E-state index contributed by atoms with van der Waals surface area (Å²) in [5.41, 5.74) is 1.41. The Hall–Kier alpha value is -3.29.